The molecule has 0 aliphatic carbocycles. The van der Waals surface area contributed by atoms with Crippen molar-refractivity contribution in [1.29, 1.82) is 0 Å². The summed E-state index contributed by atoms with van der Waals surface area (Å²) in [6.07, 6.45) is 2.15. The van der Waals surface area contributed by atoms with Gasteiger partial charge in [-0.2, -0.15) is 13.5 Å². The maximum absolute atomic E-state index is 11.2. The van der Waals surface area contributed by atoms with E-state index in [0.717, 1.165) is 10.9 Å². The van der Waals surface area contributed by atoms with Crippen molar-refractivity contribution in [2.45, 2.75) is 0 Å². The van der Waals surface area contributed by atoms with E-state index in [4.69, 9.17) is 0 Å². The van der Waals surface area contributed by atoms with E-state index in [2.05, 4.69) is 9.28 Å². The molecule has 1 aromatic heterocycles. The second-order valence-corrected chi connectivity index (χ2v) is 3.99. The fraction of sp³-hybridized carbons (Fsp3) is 0.333. The molecule has 13 heavy (non-hydrogen) atoms. The number of aromatic nitrogens is 2. The van der Waals surface area contributed by atoms with Crippen LogP contribution in [0.15, 0.2) is 17.1 Å². The van der Waals surface area contributed by atoms with Gasteiger partial charge in [-0.15, -0.1) is 0 Å². The monoisotopic (exact) mass is 204 g/mol. The molecule has 0 radical (unpaired) electrons. The van der Waals surface area contributed by atoms with Crippen LogP contribution in [0, 0.1) is 0 Å². The molecule has 72 valence electrons. The van der Waals surface area contributed by atoms with Gasteiger partial charge >= 0.3 is 15.7 Å². The van der Waals surface area contributed by atoms with Gasteiger partial charge in [-0.1, -0.05) is 0 Å². The van der Waals surface area contributed by atoms with Crippen LogP contribution in [0.2, 0.25) is 0 Å². The zero-order chi connectivity index (χ0) is 10.1. The Kier molecular flexibility index (Phi) is 2.37. The lowest BCUT2D eigenvalue weighted by Gasteiger charge is -2.01. The molecule has 1 heterocycles. The average molecular weight is 204 g/mol. The minimum absolute atomic E-state index is 0.250. The van der Waals surface area contributed by atoms with Crippen LogP contribution in [0.25, 0.3) is 0 Å². The zero-order valence-corrected chi connectivity index (χ0v) is 7.91. The fourth-order valence-corrected chi connectivity index (χ4v) is 1.16. The summed E-state index contributed by atoms with van der Waals surface area (Å²) in [4.78, 5) is 11.2. The largest absolute Gasteiger partial charge is 0.377 e. The molecule has 1 aromatic rings. The summed E-state index contributed by atoms with van der Waals surface area (Å²) in [7, 11) is -2.26. The van der Waals surface area contributed by atoms with Crippen molar-refractivity contribution in [1.82, 2.24) is 9.78 Å². The first-order chi connectivity index (χ1) is 5.90. The number of hydrogen-bond acceptors (Lipinski definition) is 5. The van der Waals surface area contributed by atoms with Crippen LogP contribution in [-0.4, -0.2) is 24.5 Å². The van der Waals surface area contributed by atoms with Crippen molar-refractivity contribution in [3.05, 3.63) is 22.6 Å². The summed E-state index contributed by atoms with van der Waals surface area (Å²) < 4.78 is 26.7. The highest BCUT2D eigenvalue weighted by Crippen LogP contribution is 2.02. The van der Waals surface area contributed by atoms with E-state index in [1.165, 1.54) is 19.3 Å². The Hall–Kier alpha value is -1.37. The van der Waals surface area contributed by atoms with Gasteiger partial charge in [-0.25, -0.2) is 4.68 Å². The molecule has 0 atom stereocenters. The maximum atomic E-state index is 11.2. The Balaban J connectivity index is 3.18. The van der Waals surface area contributed by atoms with Gasteiger partial charge in [0, 0.05) is 13.1 Å². The van der Waals surface area contributed by atoms with Crippen molar-refractivity contribution < 1.29 is 12.6 Å². The van der Waals surface area contributed by atoms with Crippen LogP contribution < -0.4 is 9.74 Å². The molecular weight excluding hydrogens is 196 g/mol. The lowest BCUT2D eigenvalue weighted by molar-refractivity contribution is 0.482. The van der Waals surface area contributed by atoms with E-state index in [9.17, 15) is 13.2 Å². The quantitative estimate of drug-likeness (QED) is 0.584. The third-order valence-corrected chi connectivity index (χ3v) is 1.69. The first kappa shape index (κ1) is 9.72. The number of nitrogens with zero attached hydrogens (tertiary/aromatic N) is 2. The first-order valence-corrected chi connectivity index (χ1v) is 5.13. The molecule has 0 N–H and O–H groups in total. The van der Waals surface area contributed by atoms with Gasteiger partial charge in [0.2, 0.25) is 5.75 Å². The topological polar surface area (TPSA) is 78.3 Å². The molecule has 1 rings (SSSR count). The third kappa shape index (κ3) is 2.55. The van der Waals surface area contributed by atoms with E-state index in [0.29, 0.717) is 0 Å². The normalized spacial score (nSPS) is 11.2. The Labute approximate surface area is 74.9 Å². The zero-order valence-electron chi connectivity index (χ0n) is 7.09. The second kappa shape index (κ2) is 3.17. The highest BCUT2D eigenvalue weighted by Gasteiger charge is 2.08. The lowest BCUT2D eigenvalue weighted by atomic mass is 10.5. The SMILES string of the molecule is Cn1nccc(OS(C)(=O)=O)c1=O. The molecule has 0 saturated carbocycles. The Morgan fingerprint density at radius 3 is 2.69 bits per heavy atom. The molecule has 0 aliphatic rings. The van der Waals surface area contributed by atoms with Crippen LogP contribution in [0.3, 0.4) is 0 Å². The molecule has 0 saturated heterocycles. The lowest BCUT2D eigenvalue weighted by Crippen LogP contribution is -2.22. The molecular formula is C6H8N2O4S. The summed E-state index contributed by atoms with van der Waals surface area (Å²) in [5.74, 6) is -0.250. The van der Waals surface area contributed by atoms with Crippen molar-refractivity contribution in [2.24, 2.45) is 7.05 Å². The van der Waals surface area contributed by atoms with Gasteiger partial charge < -0.3 is 4.18 Å². The Bertz CT molecular complexity index is 462. The van der Waals surface area contributed by atoms with Crippen LogP contribution in [0.5, 0.6) is 5.75 Å². The molecule has 7 heteroatoms. The van der Waals surface area contributed by atoms with E-state index in [1.807, 2.05) is 0 Å². The maximum Gasteiger partial charge on any atom is 0.310 e. The van der Waals surface area contributed by atoms with Crippen LogP contribution in [-0.2, 0) is 17.2 Å². The summed E-state index contributed by atoms with van der Waals surface area (Å²) in [6.45, 7) is 0. The highest BCUT2D eigenvalue weighted by molar-refractivity contribution is 7.86. The van der Waals surface area contributed by atoms with Gasteiger partial charge in [0.15, 0.2) is 0 Å². The van der Waals surface area contributed by atoms with Gasteiger partial charge in [0.05, 0.1) is 12.5 Å². The van der Waals surface area contributed by atoms with Gasteiger partial charge in [-0.05, 0) is 0 Å². The predicted octanol–water partition coefficient (Wildman–Crippen LogP) is -0.881. The van der Waals surface area contributed by atoms with E-state index in [-0.39, 0.29) is 5.75 Å². The van der Waals surface area contributed by atoms with E-state index in [1.54, 1.807) is 0 Å². The molecule has 0 aliphatic heterocycles. The van der Waals surface area contributed by atoms with Gasteiger partial charge in [0.1, 0.15) is 0 Å². The number of aryl methyl sites for hydroxylation is 1. The molecule has 0 spiro atoms. The minimum Gasteiger partial charge on any atom is -0.377 e. The molecule has 0 fully saturated rings. The molecule has 6 nitrogen and oxygen atoms in total. The summed E-state index contributed by atoms with van der Waals surface area (Å²) in [5.41, 5.74) is -0.590. The number of hydrogen-bond donors (Lipinski definition) is 0. The standard InChI is InChI=1S/C6H8N2O4S/c1-8-6(9)5(3-4-7-8)12-13(2,10)11/h3-4H,1-2H3. The Morgan fingerprint density at radius 1 is 1.54 bits per heavy atom. The Morgan fingerprint density at radius 2 is 2.15 bits per heavy atom. The van der Waals surface area contributed by atoms with Crippen LogP contribution in [0.4, 0.5) is 0 Å². The van der Waals surface area contributed by atoms with E-state index >= 15 is 0 Å². The molecule has 0 aromatic carbocycles. The predicted molar refractivity (Wildman–Crippen MR) is 44.9 cm³/mol. The van der Waals surface area contributed by atoms with Crippen LogP contribution >= 0.6 is 0 Å². The summed E-state index contributed by atoms with van der Waals surface area (Å²) in [6, 6.07) is 1.20. The van der Waals surface area contributed by atoms with E-state index < -0.39 is 15.7 Å². The van der Waals surface area contributed by atoms with Crippen molar-refractivity contribution in [3.8, 4) is 5.75 Å². The smallest absolute Gasteiger partial charge is 0.310 e. The van der Waals surface area contributed by atoms with Crippen molar-refractivity contribution in [3.63, 3.8) is 0 Å². The number of rotatable bonds is 2. The minimum atomic E-state index is -3.66. The first-order valence-electron chi connectivity index (χ1n) is 3.32. The molecule has 0 amide bonds. The molecule has 0 bridgehead atoms. The second-order valence-electron chi connectivity index (χ2n) is 2.41. The van der Waals surface area contributed by atoms with Gasteiger partial charge in [0.25, 0.3) is 0 Å². The summed E-state index contributed by atoms with van der Waals surface area (Å²) >= 11 is 0. The molecule has 0 unspecified atom stereocenters. The van der Waals surface area contributed by atoms with Crippen LogP contribution in [0.1, 0.15) is 0 Å². The highest BCUT2D eigenvalue weighted by atomic mass is 32.2. The fourth-order valence-electron chi connectivity index (χ4n) is 0.711. The average Bonchev–Trinajstić information content (AvgIpc) is 1.96. The van der Waals surface area contributed by atoms with Crippen molar-refractivity contribution in [2.75, 3.05) is 6.26 Å². The summed E-state index contributed by atoms with van der Waals surface area (Å²) in [5, 5.41) is 3.60. The van der Waals surface area contributed by atoms with Crippen molar-refractivity contribution >= 4 is 10.1 Å². The third-order valence-electron chi connectivity index (χ3n) is 1.21. The van der Waals surface area contributed by atoms with Gasteiger partial charge in [-0.3, -0.25) is 4.79 Å².